The van der Waals surface area contributed by atoms with E-state index in [2.05, 4.69) is 9.46 Å². The highest BCUT2D eigenvalue weighted by Crippen LogP contribution is 2.35. The van der Waals surface area contributed by atoms with Crippen molar-refractivity contribution < 1.29 is 41.3 Å². The molecule has 2 aromatic rings. The predicted molar refractivity (Wildman–Crippen MR) is 90.4 cm³/mol. The van der Waals surface area contributed by atoms with E-state index in [0.717, 1.165) is 19.2 Å². The largest absolute Gasteiger partial charge is 0.497 e. The maximum Gasteiger partial charge on any atom is 0.387 e. The summed E-state index contributed by atoms with van der Waals surface area (Å²) in [7, 11) is -1.68. The van der Waals surface area contributed by atoms with Gasteiger partial charge in [-0.2, -0.15) is 8.78 Å². The first-order valence-electron chi connectivity index (χ1n) is 7.25. The number of carbonyl (C=O) groups is 1. The molecule has 0 radical (unpaired) electrons. The van der Waals surface area contributed by atoms with E-state index in [1.807, 2.05) is 0 Å². The van der Waals surface area contributed by atoms with Crippen LogP contribution in [0.3, 0.4) is 0 Å². The van der Waals surface area contributed by atoms with Gasteiger partial charge >= 0.3 is 12.6 Å². The van der Waals surface area contributed by atoms with Gasteiger partial charge in [0.05, 0.1) is 30.4 Å². The average molecular weight is 403 g/mol. The fraction of sp³-hybridized carbons (Fsp3) is 0.188. The molecule has 146 valence electrons. The minimum absolute atomic E-state index is 0.188. The van der Waals surface area contributed by atoms with E-state index in [4.69, 9.17) is 9.47 Å². The van der Waals surface area contributed by atoms with Crippen LogP contribution in [0, 0.1) is 0 Å². The second-order valence-electron chi connectivity index (χ2n) is 5.01. The van der Waals surface area contributed by atoms with E-state index in [1.54, 1.807) is 0 Å². The molecule has 0 heterocycles. The summed E-state index contributed by atoms with van der Waals surface area (Å²) in [4.78, 5) is 11.2. The van der Waals surface area contributed by atoms with Gasteiger partial charge in [0.25, 0.3) is 10.0 Å². The normalized spacial score (nSPS) is 11.1. The van der Waals surface area contributed by atoms with Gasteiger partial charge in [-0.1, -0.05) is 0 Å². The fourth-order valence-electron chi connectivity index (χ4n) is 2.13. The third-order valence-electron chi connectivity index (χ3n) is 3.36. The molecule has 11 heteroatoms. The molecule has 0 saturated carbocycles. The van der Waals surface area contributed by atoms with Gasteiger partial charge in [0.1, 0.15) is 5.75 Å². The molecular formula is C16H15F2NO7S. The summed E-state index contributed by atoms with van der Waals surface area (Å²) in [5.74, 6) is -1.90. The van der Waals surface area contributed by atoms with Crippen LogP contribution in [-0.4, -0.2) is 40.3 Å². The van der Waals surface area contributed by atoms with Gasteiger partial charge < -0.3 is 19.3 Å². The Bertz CT molecular complexity index is 931. The number of sulfonamides is 1. The summed E-state index contributed by atoms with van der Waals surface area (Å²) >= 11 is 0. The number of rotatable bonds is 8. The van der Waals surface area contributed by atoms with Crippen molar-refractivity contribution in [2.75, 3.05) is 18.9 Å². The van der Waals surface area contributed by atoms with E-state index in [1.165, 1.54) is 31.4 Å². The van der Waals surface area contributed by atoms with Crippen molar-refractivity contribution in [3.8, 4) is 17.2 Å². The number of alkyl halides is 2. The predicted octanol–water partition coefficient (Wildman–Crippen LogP) is 2.80. The number of carboxylic acid groups (broad SMARTS) is 1. The summed E-state index contributed by atoms with van der Waals surface area (Å²) in [5, 5.41) is 9.30. The van der Waals surface area contributed by atoms with Crippen molar-refractivity contribution in [3.63, 3.8) is 0 Å². The first kappa shape index (κ1) is 20.2. The lowest BCUT2D eigenvalue weighted by atomic mass is 10.1. The maximum atomic E-state index is 12.6. The number of hydrogen-bond acceptors (Lipinski definition) is 6. The smallest absolute Gasteiger partial charge is 0.387 e. The number of ether oxygens (including phenoxy) is 3. The lowest BCUT2D eigenvalue weighted by Gasteiger charge is -2.15. The van der Waals surface area contributed by atoms with Crippen molar-refractivity contribution in [2.45, 2.75) is 11.5 Å². The molecule has 0 aliphatic rings. The molecule has 27 heavy (non-hydrogen) atoms. The van der Waals surface area contributed by atoms with Crippen molar-refractivity contribution in [1.82, 2.24) is 0 Å². The summed E-state index contributed by atoms with van der Waals surface area (Å²) < 4.78 is 66.2. The van der Waals surface area contributed by atoms with Crippen LogP contribution in [-0.2, 0) is 10.0 Å². The van der Waals surface area contributed by atoms with E-state index in [-0.39, 0.29) is 10.6 Å². The van der Waals surface area contributed by atoms with Crippen LogP contribution in [0.4, 0.5) is 14.5 Å². The van der Waals surface area contributed by atoms with Crippen LogP contribution in [0.25, 0.3) is 0 Å². The monoisotopic (exact) mass is 403 g/mol. The molecule has 0 aliphatic heterocycles. The maximum absolute atomic E-state index is 12.6. The molecule has 2 aromatic carbocycles. The van der Waals surface area contributed by atoms with Gasteiger partial charge in [0.2, 0.25) is 0 Å². The number of aromatic carboxylic acids is 1. The Kier molecular flexibility index (Phi) is 6.05. The molecule has 0 unspecified atom stereocenters. The summed E-state index contributed by atoms with van der Waals surface area (Å²) in [6, 6.07) is 6.96. The van der Waals surface area contributed by atoms with Crippen molar-refractivity contribution >= 4 is 21.7 Å². The van der Waals surface area contributed by atoms with E-state index in [0.29, 0.717) is 5.75 Å². The highest BCUT2D eigenvalue weighted by molar-refractivity contribution is 7.92. The topological polar surface area (TPSA) is 111 Å². The van der Waals surface area contributed by atoms with Crippen molar-refractivity contribution in [3.05, 3.63) is 42.0 Å². The molecule has 2 N–H and O–H groups in total. The molecule has 0 aliphatic carbocycles. The quantitative estimate of drug-likeness (QED) is 0.697. The second-order valence-corrected chi connectivity index (χ2v) is 6.70. The first-order chi connectivity index (χ1) is 12.7. The first-order valence-corrected chi connectivity index (χ1v) is 8.73. The zero-order valence-electron chi connectivity index (χ0n) is 14.1. The van der Waals surface area contributed by atoms with Crippen LogP contribution >= 0.6 is 0 Å². The molecule has 0 bridgehead atoms. The molecule has 0 spiro atoms. The van der Waals surface area contributed by atoms with Gasteiger partial charge in [-0.3, -0.25) is 4.72 Å². The Balaban J connectivity index is 2.49. The lowest BCUT2D eigenvalue weighted by Crippen LogP contribution is -2.16. The van der Waals surface area contributed by atoms with Crippen LogP contribution in [0.15, 0.2) is 41.3 Å². The number of anilines is 1. The van der Waals surface area contributed by atoms with Gasteiger partial charge in [0, 0.05) is 12.1 Å². The van der Waals surface area contributed by atoms with E-state index < -0.39 is 39.6 Å². The molecule has 0 amide bonds. The van der Waals surface area contributed by atoms with Crippen LogP contribution in [0.5, 0.6) is 17.2 Å². The molecule has 0 saturated heterocycles. The van der Waals surface area contributed by atoms with Crippen molar-refractivity contribution in [1.29, 1.82) is 0 Å². The molecular weight excluding hydrogens is 388 g/mol. The Morgan fingerprint density at radius 3 is 2.19 bits per heavy atom. The number of benzene rings is 2. The van der Waals surface area contributed by atoms with Crippen LogP contribution < -0.4 is 18.9 Å². The van der Waals surface area contributed by atoms with E-state index >= 15 is 0 Å². The SMILES string of the molecule is COc1ccc(S(=O)(=O)Nc2cc(OC(F)F)c(OC)cc2C(=O)O)cc1. The van der Waals surface area contributed by atoms with Gasteiger partial charge in [-0.05, 0) is 24.3 Å². The van der Waals surface area contributed by atoms with Gasteiger partial charge in [-0.15, -0.1) is 0 Å². The van der Waals surface area contributed by atoms with Gasteiger partial charge in [0.15, 0.2) is 11.5 Å². The molecule has 0 fully saturated rings. The average Bonchev–Trinajstić information content (AvgIpc) is 2.61. The molecule has 0 atom stereocenters. The zero-order chi connectivity index (χ0) is 20.2. The highest BCUT2D eigenvalue weighted by Gasteiger charge is 2.23. The number of carboxylic acids is 1. The van der Waals surface area contributed by atoms with E-state index in [9.17, 15) is 27.1 Å². The minimum atomic E-state index is -4.21. The van der Waals surface area contributed by atoms with Crippen LogP contribution in [0.1, 0.15) is 10.4 Å². The second kappa shape index (κ2) is 8.08. The number of hydrogen-bond donors (Lipinski definition) is 2. The number of halogens is 2. The molecule has 8 nitrogen and oxygen atoms in total. The number of methoxy groups -OCH3 is 2. The fourth-order valence-corrected chi connectivity index (χ4v) is 3.20. The lowest BCUT2D eigenvalue weighted by molar-refractivity contribution is -0.0511. The van der Waals surface area contributed by atoms with Gasteiger partial charge in [-0.25, -0.2) is 13.2 Å². The van der Waals surface area contributed by atoms with Crippen LogP contribution in [0.2, 0.25) is 0 Å². The highest BCUT2D eigenvalue weighted by atomic mass is 32.2. The zero-order valence-corrected chi connectivity index (χ0v) is 14.9. The number of nitrogens with one attached hydrogen (secondary N) is 1. The molecule has 0 aromatic heterocycles. The summed E-state index contributed by atoms with van der Waals surface area (Å²) in [6.45, 7) is -3.22. The Morgan fingerprint density at radius 1 is 1.07 bits per heavy atom. The molecule has 2 rings (SSSR count). The third kappa shape index (κ3) is 4.76. The van der Waals surface area contributed by atoms with Crippen molar-refractivity contribution in [2.24, 2.45) is 0 Å². The summed E-state index contributed by atoms with van der Waals surface area (Å²) in [6.07, 6.45) is 0. The minimum Gasteiger partial charge on any atom is -0.497 e. The Labute approximate surface area is 153 Å². The third-order valence-corrected chi connectivity index (χ3v) is 4.75. The Hall–Kier alpha value is -3.08. The summed E-state index contributed by atoms with van der Waals surface area (Å²) in [5.41, 5.74) is -0.972. The standard InChI is InChI=1S/C16H15F2NO7S/c1-24-9-3-5-10(6-4-9)27(22,23)19-12-8-14(26-16(17)18)13(25-2)7-11(12)15(20)21/h3-8,16,19H,1-2H3,(H,20,21). The Morgan fingerprint density at radius 2 is 1.70 bits per heavy atom.